The van der Waals surface area contributed by atoms with Crippen LogP contribution in [0.25, 0.3) is 0 Å². The van der Waals surface area contributed by atoms with Crippen LogP contribution in [0.2, 0.25) is 0 Å². The third-order valence-corrected chi connectivity index (χ3v) is 2.71. The average molecular weight is 344 g/mol. The number of amides is 2. The fraction of sp³-hybridized carbons (Fsp3) is 0.462. The zero-order chi connectivity index (χ0) is 17.8. The minimum Gasteiger partial charge on any atom is -0.392 e. The molecule has 0 bridgehead atoms. The number of aliphatic hydroxyl groups excluding tert-OH is 1. The van der Waals surface area contributed by atoms with Gasteiger partial charge in [-0.1, -0.05) is 12.1 Å². The van der Waals surface area contributed by atoms with E-state index in [2.05, 4.69) is 0 Å². The van der Waals surface area contributed by atoms with E-state index < -0.39 is 41.7 Å². The minimum absolute atomic E-state index is 0.307. The number of alkyl halides is 6. The van der Waals surface area contributed by atoms with Crippen LogP contribution in [-0.4, -0.2) is 30.0 Å². The Hall–Kier alpha value is -1.97. The van der Waals surface area contributed by atoms with E-state index in [1.54, 1.807) is 5.32 Å². The first-order chi connectivity index (χ1) is 10.4. The highest BCUT2D eigenvalue weighted by Crippen LogP contribution is 2.36. The van der Waals surface area contributed by atoms with E-state index in [4.69, 9.17) is 5.11 Å². The number of carbonyl (C=O) groups is 1. The van der Waals surface area contributed by atoms with Crippen molar-refractivity contribution in [2.45, 2.75) is 31.4 Å². The second-order valence-electron chi connectivity index (χ2n) is 4.80. The molecule has 23 heavy (non-hydrogen) atoms. The third kappa shape index (κ3) is 5.97. The Bertz CT molecular complexity index is 542. The van der Waals surface area contributed by atoms with Crippen molar-refractivity contribution in [2.75, 3.05) is 6.54 Å². The molecule has 10 heteroatoms. The molecule has 2 amide bonds. The first kappa shape index (κ1) is 19.1. The van der Waals surface area contributed by atoms with Gasteiger partial charge < -0.3 is 15.7 Å². The number of aliphatic hydroxyl groups is 1. The highest BCUT2D eigenvalue weighted by atomic mass is 19.4. The third-order valence-electron chi connectivity index (χ3n) is 2.71. The number of hydrogen-bond donors (Lipinski definition) is 3. The SMILES string of the molecule is C[C@@H](O)CNC(=O)N[C@@H](c1cccc(C(F)(F)F)c1)C(F)(F)F. The van der Waals surface area contributed by atoms with Gasteiger partial charge in [-0.15, -0.1) is 0 Å². The topological polar surface area (TPSA) is 61.4 Å². The Morgan fingerprint density at radius 2 is 1.83 bits per heavy atom. The molecule has 0 heterocycles. The molecule has 0 radical (unpaired) electrons. The average Bonchev–Trinajstić information content (AvgIpc) is 2.40. The van der Waals surface area contributed by atoms with Crippen molar-refractivity contribution < 1.29 is 36.2 Å². The molecule has 0 aliphatic carbocycles. The van der Waals surface area contributed by atoms with Crippen LogP contribution in [0, 0.1) is 0 Å². The predicted octanol–water partition coefficient (Wildman–Crippen LogP) is 2.99. The molecule has 1 rings (SSSR count). The summed E-state index contributed by atoms with van der Waals surface area (Å²) in [5.74, 6) is 0. The quantitative estimate of drug-likeness (QED) is 0.736. The predicted molar refractivity (Wildman–Crippen MR) is 68.5 cm³/mol. The van der Waals surface area contributed by atoms with Crippen LogP contribution in [-0.2, 0) is 6.18 Å². The number of halogens is 6. The highest BCUT2D eigenvalue weighted by molar-refractivity contribution is 5.74. The molecule has 0 spiro atoms. The Labute approximate surface area is 127 Å². The van der Waals surface area contributed by atoms with Crippen LogP contribution in [0.1, 0.15) is 24.1 Å². The largest absolute Gasteiger partial charge is 0.416 e. The maximum Gasteiger partial charge on any atom is 0.416 e. The van der Waals surface area contributed by atoms with Gasteiger partial charge >= 0.3 is 18.4 Å². The number of rotatable bonds is 4. The second kappa shape index (κ2) is 7.07. The zero-order valence-corrected chi connectivity index (χ0v) is 11.8. The Balaban J connectivity index is 3.02. The molecule has 4 nitrogen and oxygen atoms in total. The molecule has 130 valence electrons. The summed E-state index contributed by atoms with van der Waals surface area (Å²) in [6.45, 7) is 0.993. The Kier molecular flexibility index (Phi) is 5.86. The van der Waals surface area contributed by atoms with Crippen molar-refractivity contribution in [1.82, 2.24) is 10.6 Å². The molecular formula is C13H14F6N2O2. The Morgan fingerprint density at radius 1 is 1.22 bits per heavy atom. The van der Waals surface area contributed by atoms with Crippen molar-refractivity contribution in [3.05, 3.63) is 35.4 Å². The van der Waals surface area contributed by atoms with Gasteiger partial charge in [0, 0.05) is 6.54 Å². The van der Waals surface area contributed by atoms with Gasteiger partial charge in [0.25, 0.3) is 0 Å². The van der Waals surface area contributed by atoms with Gasteiger partial charge in [-0.05, 0) is 24.6 Å². The molecule has 0 unspecified atom stereocenters. The molecule has 0 aliphatic rings. The van der Waals surface area contributed by atoms with E-state index in [1.807, 2.05) is 5.32 Å². The monoisotopic (exact) mass is 344 g/mol. The number of benzene rings is 1. The first-order valence-electron chi connectivity index (χ1n) is 6.37. The summed E-state index contributed by atoms with van der Waals surface area (Å²) in [5, 5.41) is 12.5. The van der Waals surface area contributed by atoms with Crippen molar-refractivity contribution in [1.29, 1.82) is 0 Å². The Morgan fingerprint density at radius 3 is 2.30 bits per heavy atom. The molecule has 0 fully saturated rings. The van der Waals surface area contributed by atoms with Gasteiger partial charge in [-0.25, -0.2) is 4.79 Å². The fourth-order valence-corrected chi connectivity index (χ4v) is 1.67. The lowest BCUT2D eigenvalue weighted by Gasteiger charge is -2.23. The molecule has 2 atom stereocenters. The van der Waals surface area contributed by atoms with E-state index in [0.717, 1.165) is 12.1 Å². The van der Waals surface area contributed by atoms with Gasteiger partial charge in [-0.2, -0.15) is 26.3 Å². The summed E-state index contributed by atoms with van der Waals surface area (Å²) in [5.41, 5.74) is -2.00. The number of urea groups is 1. The van der Waals surface area contributed by atoms with Gasteiger partial charge in [0.15, 0.2) is 6.04 Å². The van der Waals surface area contributed by atoms with Crippen LogP contribution < -0.4 is 10.6 Å². The molecule has 0 aromatic heterocycles. The summed E-state index contributed by atoms with van der Waals surface area (Å²) in [4.78, 5) is 11.4. The normalized spacial score (nSPS) is 15.0. The van der Waals surface area contributed by atoms with Crippen molar-refractivity contribution in [2.24, 2.45) is 0 Å². The minimum atomic E-state index is -4.99. The van der Waals surface area contributed by atoms with Gasteiger partial charge in [0.05, 0.1) is 11.7 Å². The summed E-state index contributed by atoms with van der Waals surface area (Å²) in [6, 6.07) is -1.25. The lowest BCUT2D eigenvalue weighted by Crippen LogP contribution is -2.45. The van der Waals surface area contributed by atoms with Crippen molar-refractivity contribution >= 4 is 6.03 Å². The van der Waals surface area contributed by atoms with Crippen LogP contribution in [0.15, 0.2) is 24.3 Å². The van der Waals surface area contributed by atoms with Crippen LogP contribution in [0.3, 0.4) is 0 Å². The molecule has 0 saturated carbocycles. The van der Waals surface area contributed by atoms with Gasteiger partial charge in [0.1, 0.15) is 0 Å². The molecular weight excluding hydrogens is 330 g/mol. The van der Waals surface area contributed by atoms with Gasteiger partial charge in [0.2, 0.25) is 0 Å². The van der Waals surface area contributed by atoms with Crippen LogP contribution >= 0.6 is 0 Å². The van der Waals surface area contributed by atoms with Crippen molar-refractivity contribution in [3.8, 4) is 0 Å². The van der Waals surface area contributed by atoms with Crippen LogP contribution in [0.5, 0.6) is 0 Å². The lowest BCUT2D eigenvalue weighted by molar-refractivity contribution is -0.155. The molecule has 3 N–H and O–H groups in total. The van der Waals surface area contributed by atoms with E-state index in [0.29, 0.717) is 12.1 Å². The number of carbonyl (C=O) groups excluding carboxylic acids is 1. The second-order valence-corrected chi connectivity index (χ2v) is 4.80. The lowest BCUT2D eigenvalue weighted by atomic mass is 10.0. The summed E-state index contributed by atoms with van der Waals surface area (Å²) in [6.07, 6.45) is -10.8. The molecule has 0 aliphatic heterocycles. The summed E-state index contributed by atoms with van der Waals surface area (Å²) in [7, 11) is 0. The first-order valence-corrected chi connectivity index (χ1v) is 6.37. The smallest absolute Gasteiger partial charge is 0.392 e. The summed E-state index contributed by atoms with van der Waals surface area (Å²) < 4.78 is 76.8. The molecule has 0 saturated heterocycles. The standard InChI is InChI=1S/C13H14F6N2O2/c1-7(22)6-20-11(23)21-10(13(17,18)19)8-3-2-4-9(5-8)12(14,15)16/h2-5,7,10,22H,6H2,1H3,(H2,20,21,23)/t7-,10+/m1/s1. The van der Waals surface area contributed by atoms with E-state index >= 15 is 0 Å². The van der Waals surface area contributed by atoms with E-state index in [9.17, 15) is 31.1 Å². The number of hydrogen-bond acceptors (Lipinski definition) is 2. The van der Waals surface area contributed by atoms with E-state index in [-0.39, 0.29) is 6.54 Å². The van der Waals surface area contributed by atoms with Gasteiger partial charge in [-0.3, -0.25) is 0 Å². The highest BCUT2D eigenvalue weighted by Gasteiger charge is 2.43. The molecule has 1 aromatic carbocycles. The van der Waals surface area contributed by atoms with Crippen molar-refractivity contribution in [3.63, 3.8) is 0 Å². The molecule has 1 aromatic rings. The summed E-state index contributed by atoms with van der Waals surface area (Å²) >= 11 is 0. The zero-order valence-electron chi connectivity index (χ0n) is 11.8. The number of nitrogens with one attached hydrogen (secondary N) is 2. The van der Waals surface area contributed by atoms with E-state index in [1.165, 1.54) is 6.92 Å². The fourth-order valence-electron chi connectivity index (χ4n) is 1.67. The maximum absolute atomic E-state index is 13.0. The van der Waals surface area contributed by atoms with Crippen LogP contribution in [0.4, 0.5) is 31.1 Å². The maximum atomic E-state index is 13.0.